The van der Waals surface area contributed by atoms with Gasteiger partial charge in [-0.1, -0.05) is 37.2 Å². The van der Waals surface area contributed by atoms with Gasteiger partial charge in [-0.25, -0.2) is 14.6 Å². The first-order valence-electron chi connectivity index (χ1n) is 10.4. The molecular formula is C22H28N2O6S. The summed E-state index contributed by atoms with van der Waals surface area (Å²) in [7, 11) is 0. The average molecular weight is 449 g/mol. The number of ether oxygens (including phenoxy) is 1. The molecule has 1 N–H and O–H groups in total. The molecule has 0 aromatic heterocycles. The lowest BCUT2D eigenvalue weighted by molar-refractivity contribution is -0.295. The van der Waals surface area contributed by atoms with Gasteiger partial charge in [0.05, 0.1) is 25.5 Å². The lowest BCUT2D eigenvalue weighted by Gasteiger charge is -2.20. The third-order valence-corrected chi connectivity index (χ3v) is 5.61. The van der Waals surface area contributed by atoms with Crippen LogP contribution < -0.4 is 4.90 Å². The van der Waals surface area contributed by atoms with Crippen molar-refractivity contribution in [3.05, 3.63) is 34.9 Å². The maximum absolute atomic E-state index is 12.5. The Morgan fingerprint density at radius 2 is 1.81 bits per heavy atom. The molecule has 0 bridgehead atoms. The van der Waals surface area contributed by atoms with Gasteiger partial charge in [0.1, 0.15) is 11.1 Å². The number of thioether (sulfide) groups is 1. The van der Waals surface area contributed by atoms with Gasteiger partial charge >= 0.3 is 11.9 Å². The fourth-order valence-corrected chi connectivity index (χ4v) is 4.01. The van der Waals surface area contributed by atoms with Crippen LogP contribution in [0.1, 0.15) is 45.4 Å². The van der Waals surface area contributed by atoms with E-state index in [2.05, 4.69) is 6.92 Å². The fourth-order valence-electron chi connectivity index (χ4n) is 2.84. The normalized spacial score (nSPS) is 14.1. The van der Waals surface area contributed by atoms with Crippen LogP contribution >= 0.6 is 11.8 Å². The van der Waals surface area contributed by atoms with Gasteiger partial charge in [0.2, 0.25) is 0 Å². The number of hydrogen-bond acceptors (Lipinski definition) is 8. The summed E-state index contributed by atoms with van der Waals surface area (Å²) in [6.45, 7) is 3.54. The van der Waals surface area contributed by atoms with Crippen molar-refractivity contribution in [3.8, 4) is 6.07 Å². The minimum atomic E-state index is -0.870. The van der Waals surface area contributed by atoms with Crippen LogP contribution in [0.5, 0.6) is 0 Å². The summed E-state index contributed by atoms with van der Waals surface area (Å²) in [6.07, 6.45) is 3.54. The summed E-state index contributed by atoms with van der Waals surface area (Å²) < 4.78 is 5.31. The van der Waals surface area contributed by atoms with E-state index >= 15 is 0 Å². The molecule has 1 aromatic rings. The number of carboxylic acid groups (broad SMARTS) is 1. The van der Waals surface area contributed by atoms with E-state index in [1.807, 2.05) is 35.2 Å². The number of aliphatic carboxylic acids is 1. The van der Waals surface area contributed by atoms with Gasteiger partial charge in [-0.3, -0.25) is 4.79 Å². The van der Waals surface area contributed by atoms with Crippen LogP contribution in [-0.2, 0) is 24.1 Å². The molecule has 0 spiro atoms. The fraction of sp³-hybridized carbons (Fsp3) is 0.500. The molecule has 2 rings (SSSR count). The standard InChI is InChI=1S/C22H28N2O6S/c1-2-3-12-24-18-9-4-5-10-19(18)31-21(24)17(16-23)22(27)28-13-6-7-14-29-30-15-8-11-20(25)26/h4-5,9-10H,2-3,6-8,11-15H2,1H3,(H,25,26). The van der Waals surface area contributed by atoms with Gasteiger partial charge in [0.15, 0.2) is 5.57 Å². The molecule has 0 amide bonds. The van der Waals surface area contributed by atoms with Crippen molar-refractivity contribution >= 4 is 29.4 Å². The van der Waals surface area contributed by atoms with E-state index in [1.165, 1.54) is 11.8 Å². The smallest absolute Gasteiger partial charge is 0.351 e. The summed E-state index contributed by atoms with van der Waals surface area (Å²) in [5.41, 5.74) is 1.03. The molecule has 0 fully saturated rings. The Morgan fingerprint density at radius 3 is 2.52 bits per heavy atom. The Hall–Kier alpha value is -2.54. The van der Waals surface area contributed by atoms with E-state index in [0.29, 0.717) is 30.9 Å². The van der Waals surface area contributed by atoms with Crippen molar-refractivity contribution in [2.75, 3.05) is 31.3 Å². The molecule has 8 nitrogen and oxygen atoms in total. The molecule has 1 aromatic carbocycles. The third kappa shape index (κ3) is 7.90. The zero-order valence-electron chi connectivity index (χ0n) is 17.7. The Bertz CT molecular complexity index is 820. The second-order valence-corrected chi connectivity index (χ2v) is 7.88. The largest absolute Gasteiger partial charge is 0.481 e. The highest BCUT2D eigenvalue weighted by molar-refractivity contribution is 8.03. The molecule has 0 aliphatic carbocycles. The highest BCUT2D eigenvalue weighted by Gasteiger charge is 2.30. The number of anilines is 1. The maximum atomic E-state index is 12.5. The lowest BCUT2D eigenvalue weighted by Crippen LogP contribution is -2.22. The van der Waals surface area contributed by atoms with Crippen LogP contribution in [-0.4, -0.2) is 43.4 Å². The van der Waals surface area contributed by atoms with Crippen LogP contribution in [0.4, 0.5) is 5.69 Å². The van der Waals surface area contributed by atoms with E-state index < -0.39 is 11.9 Å². The van der Waals surface area contributed by atoms with E-state index in [1.54, 1.807) is 0 Å². The summed E-state index contributed by atoms with van der Waals surface area (Å²) in [4.78, 5) is 35.8. The molecule has 31 heavy (non-hydrogen) atoms. The molecular weight excluding hydrogens is 420 g/mol. The topological polar surface area (TPSA) is 109 Å². The summed E-state index contributed by atoms with van der Waals surface area (Å²) in [6, 6.07) is 9.89. The van der Waals surface area contributed by atoms with E-state index in [4.69, 9.17) is 19.6 Å². The second-order valence-electron chi connectivity index (χ2n) is 6.85. The molecule has 0 unspecified atom stereocenters. The van der Waals surface area contributed by atoms with Crippen LogP contribution in [0, 0.1) is 11.3 Å². The SMILES string of the molecule is CCCCN1C(=C(C#N)C(=O)OCCCCOOCCCC(=O)O)Sc2ccccc21. The number of unbranched alkanes of at least 4 members (excludes halogenated alkanes) is 2. The van der Waals surface area contributed by atoms with Gasteiger partial charge in [-0.05, 0) is 37.8 Å². The minimum absolute atomic E-state index is 0.0234. The number of esters is 1. The quantitative estimate of drug-likeness (QED) is 0.111. The lowest BCUT2D eigenvalue weighted by atomic mass is 10.2. The number of fused-ring (bicyclic) bond motifs is 1. The maximum Gasteiger partial charge on any atom is 0.351 e. The molecule has 1 aliphatic heterocycles. The van der Waals surface area contributed by atoms with Gasteiger partial charge in [0, 0.05) is 17.9 Å². The van der Waals surface area contributed by atoms with Crippen molar-refractivity contribution < 1.29 is 29.2 Å². The number of carbonyl (C=O) groups is 2. The number of nitrogens with zero attached hydrogens (tertiary/aromatic N) is 2. The van der Waals surface area contributed by atoms with Gasteiger partial charge in [-0.15, -0.1) is 0 Å². The number of nitriles is 1. The first-order valence-corrected chi connectivity index (χ1v) is 11.2. The van der Waals surface area contributed by atoms with Crippen LogP contribution in [0.15, 0.2) is 39.8 Å². The predicted molar refractivity (Wildman–Crippen MR) is 116 cm³/mol. The highest BCUT2D eigenvalue weighted by Crippen LogP contribution is 2.47. The van der Waals surface area contributed by atoms with Crippen LogP contribution in [0.2, 0.25) is 0 Å². The minimum Gasteiger partial charge on any atom is -0.481 e. The Morgan fingerprint density at radius 1 is 1.10 bits per heavy atom. The average Bonchev–Trinajstić information content (AvgIpc) is 3.12. The number of para-hydroxylation sites is 1. The number of benzene rings is 1. The second kappa shape index (κ2) is 13.7. The molecule has 9 heteroatoms. The van der Waals surface area contributed by atoms with Crippen molar-refractivity contribution in [3.63, 3.8) is 0 Å². The molecule has 0 saturated carbocycles. The van der Waals surface area contributed by atoms with Gasteiger partial charge in [-0.2, -0.15) is 5.26 Å². The number of hydrogen-bond donors (Lipinski definition) is 1. The third-order valence-electron chi connectivity index (χ3n) is 4.43. The molecule has 1 heterocycles. The van der Waals surface area contributed by atoms with Crippen molar-refractivity contribution in [2.45, 2.75) is 50.3 Å². The van der Waals surface area contributed by atoms with Crippen molar-refractivity contribution in [1.29, 1.82) is 5.26 Å². The van der Waals surface area contributed by atoms with Crippen molar-refractivity contribution in [1.82, 2.24) is 0 Å². The summed E-state index contributed by atoms with van der Waals surface area (Å²) in [5, 5.41) is 18.8. The van der Waals surface area contributed by atoms with Crippen LogP contribution in [0.25, 0.3) is 0 Å². The first-order chi connectivity index (χ1) is 15.1. The number of carboxylic acids is 1. The number of carbonyl (C=O) groups excluding carboxylic acids is 1. The Balaban J connectivity index is 1.80. The zero-order valence-corrected chi connectivity index (χ0v) is 18.5. The Labute approximate surface area is 186 Å². The van der Waals surface area contributed by atoms with E-state index in [-0.39, 0.29) is 25.2 Å². The molecule has 1 aliphatic rings. The summed E-state index contributed by atoms with van der Waals surface area (Å²) >= 11 is 1.42. The molecule has 0 radical (unpaired) electrons. The number of rotatable bonds is 14. The molecule has 0 saturated heterocycles. The Kier molecular flexibility index (Phi) is 10.9. The molecule has 168 valence electrons. The first kappa shape index (κ1) is 24.7. The van der Waals surface area contributed by atoms with Crippen LogP contribution in [0.3, 0.4) is 0 Å². The van der Waals surface area contributed by atoms with Gasteiger partial charge in [0.25, 0.3) is 0 Å². The molecule has 0 atom stereocenters. The van der Waals surface area contributed by atoms with Crippen molar-refractivity contribution in [2.24, 2.45) is 0 Å². The monoisotopic (exact) mass is 448 g/mol. The zero-order chi connectivity index (χ0) is 22.5. The predicted octanol–water partition coefficient (Wildman–Crippen LogP) is 4.27. The van der Waals surface area contributed by atoms with Gasteiger partial charge < -0.3 is 14.7 Å². The van der Waals surface area contributed by atoms with E-state index in [9.17, 15) is 14.9 Å². The van der Waals surface area contributed by atoms with E-state index in [0.717, 1.165) is 30.0 Å². The summed E-state index contributed by atoms with van der Waals surface area (Å²) in [5.74, 6) is -1.49. The highest BCUT2D eigenvalue weighted by atomic mass is 32.2.